The van der Waals surface area contributed by atoms with Crippen molar-refractivity contribution in [3.63, 3.8) is 0 Å². The molecule has 4 heteroatoms. The van der Waals surface area contributed by atoms with Crippen LogP contribution in [0, 0.1) is 16.7 Å². The molecule has 14 heavy (non-hydrogen) atoms. The summed E-state index contributed by atoms with van der Waals surface area (Å²) in [6, 6.07) is 0. The van der Waals surface area contributed by atoms with E-state index in [4.69, 9.17) is 10.7 Å². The monoisotopic (exact) mass is 234 g/mol. The molecule has 0 N–H and O–H groups in total. The Bertz CT molecular complexity index is 313. The van der Waals surface area contributed by atoms with E-state index in [1.807, 2.05) is 0 Å². The Morgan fingerprint density at radius 3 is 2.57 bits per heavy atom. The number of carbonyl (C=O) groups excluding carboxylic acids is 1. The second kappa shape index (κ2) is 3.05. The van der Waals surface area contributed by atoms with Crippen LogP contribution in [0.1, 0.15) is 33.1 Å². The first-order chi connectivity index (χ1) is 6.40. The van der Waals surface area contributed by atoms with E-state index in [-0.39, 0.29) is 16.6 Å². The topological polar surface area (TPSA) is 34.1 Å². The molecule has 0 amide bonds. The largest absolute Gasteiger partial charge is 0.299 e. The fraction of sp³-hybridized carbons (Fsp3) is 0.900. The standard InChI is InChI=1S/C10H15ClO2S/c1-9(2)7-3-4-10(9,6-14(11)13)8(12)5-7/h7H,3-6H2,1-2H3/t7-,10+,14?/m0/s1. The van der Waals surface area contributed by atoms with Gasteiger partial charge in [0.05, 0.1) is 5.75 Å². The summed E-state index contributed by atoms with van der Waals surface area (Å²) in [4.78, 5) is 11.9. The maximum absolute atomic E-state index is 11.9. The molecule has 1 unspecified atom stereocenters. The van der Waals surface area contributed by atoms with Gasteiger partial charge in [-0.1, -0.05) is 13.8 Å². The summed E-state index contributed by atoms with van der Waals surface area (Å²) in [5.74, 6) is 1.11. The molecule has 0 aromatic carbocycles. The predicted molar refractivity (Wildman–Crippen MR) is 57.4 cm³/mol. The van der Waals surface area contributed by atoms with Crippen LogP contribution < -0.4 is 0 Å². The summed E-state index contributed by atoms with van der Waals surface area (Å²) in [5, 5.41) is 0. The van der Waals surface area contributed by atoms with Crippen molar-refractivity contribution >= 4 is 26.5 Å². The molecular formula is C10H15ClO2S. The first kappa shape index (κ1) is 10.6. The van der Waals surface area contributed by atoms with E-state index in [1.54, 1.807) is 0 Å². The average Bonchev–Trinajstić information content (AvgIpc) is 2.36. The molecule has 0 spiro atoms. The molecule has 0 radical (unpaired) electrons. The lowest BCUT2D eigenvalue weighted by molar-refractivity contribution is -0.127. The van der Waals surface area contributed by atoms with Gasteiger partial charge in [-0.15, -0.1) is 0 Å². The third kappa shape index (κ3) is 1.15. The van der Waals surface area contributed by atoms with Crippen molar-refractivity contribution in [2.45, 2.75) is 33.1 Å². The van der Waals surface area contributed by atoms with Crippen LogP contribution in [0.4, 0.5) is 0 Å². The Morgan fingerprint density at radius 2 is 2.21 bits per heavy atom. The molecule has 0 saturated heterocycles. The normalized spacial score (nSPS) is 41.6. The lowest BCUT2D eigenvalue weighted by Gasteiger charge is -2.35. The van der Waals surface area contributed by atoms with E-state index in [0.29, 0.717) is 18.1 Å². The van der Waals surface area contributed by atoms with Gasteiger partial charge in [-0.3, -0.25) is 4.79 Å². The summed E-state index contributed by atoms with van der Waals surface area (Å²) in [6.07, 6.45) is 2.63. The molecule has 3 atom stereocenters. The third-order valence-corrected chi connectivity index (χ3v) is 5.55. The summed E-state index contributed by atoms with van der Waals surface area (Å²) in [7, 11) is 4.17. The maximum Gasteiger partial charge on any atom is 0.140 e. The van der Waals surface area contributed by atoms with Crippen LogP contribution in [0.15, 0.2) is 0 Å². The van der Waals surface area contributed by atoms with Crippen molar-refractivity contribution in [1.82, 2.24) is 0 Å². The number of carbonyl (C=O) groups is 1. The fourth-order valence-corrected chi connectivity index (χ4v) is 4.93. The van der Waals surface area contributed by atoms with Crippen molar-refractivity contribution in [1.29, 1.82) is 0 Å². The third-order valence-electron chi connectivity index (χ3n) is 4.50. The Labute approximate surface area is 91.4 Å². The summed E-state index contributed by atoms with van der Waals surface area (Å²) in [6.45, 7) is 4.25. The zero-order valence-corrected chi connectivity index (χ0v) is 10.1. The average molecular weight is 235 g/mol. The molecule has 2 aliphatic rings. The van der Waals surface area contributed by atoms with Gasteiger partial charge in [-0.2, -0.15) is 0 Å². The zero-order chi connectivity index (χ0) is 10.6. The molecule has 0 aliphatic heterocycles. The molecule has 2 rings (SSSR count). The van der Waals surface area contributed by atoms with Gasteiger partial charge < -0.3 is 0 Å². The number of halogens is 1. The summed E-state index contributed by atoms with van der Waals surface area (Å²) >= 11 is 0. The molecule has 2 bridgehead atoms. The van der Waals surface area contributed by atoms with Crippen LogP contribution in [0.3, 0.4) is 0 Å². The molecule has 2 nitrogen and oxygen atoms in total. The van der Waals surface area contributed by atoms with Gasteiger partial charge in [-0.25, -0.2) is 4.21 Å². The van der Waals surface area contributed by atoms with Crippen LogP contribution >= 0.6 is 10.7 Å². The van der Waals surface area contributed by atoms with Crippen LogP contribution in [-0.2, 0) is 14.8 Å². The molecule has 0 heterocycles. The van der Waals surface area contributed by atoms with Gasteiger partial charge >= 0.3 is 0 Å². The first-order valence-corrected chi connectivity index (χ1v) is 7.12. The van der Waals surface area contributed by atoms with E-state index in [9.17, 15) is 9.00 Å². The number of ketones is 1. The lowest BCUT2D eigenvalue weighted by Crippen LogP contribution is -2.40. The molecular weight excluding hydrogens is 220 g/mol. The van der Waals surface area contributed by atoms with E-state index in [0.717, 1.165) is 12.8 Å². The highest BCUT2D eigenvalue weighted by Crippen LogP contribution is 2.64. The Kier molecular flexibility index (Phi) is 2.31. The van der Waals surface area contributed by atoms with Gasteiger partial charge in [0.2, 0.25) is 0 Å². The van der Waals surface area contributed by atoms with Crippen LogP contribution in [-0.4, -0.2) is 15.7 Å². The molecule has 2 aliphatic carbocycles. The Balaban J connectivity index is 2.39. The fourth-order valence-electron chi connectivity index (χ4n) is 3.30. The Morgan fingerprint density at radius 1 is 1.57 bits per heavy atom. The smallest absolute Gasteiger partial charge is 0.140 e. The van der Waals surface area contributed by atoms with Gasteiger partial charge in [0.1, 0.15) is 15.8 Å². The van der Waals surface area contributed by atoms with E-state index < -0.39 is 10.0 Å². The zero-order valence-electron chi connectivity index (χ0n) is 8.51. The number of Topliss-reactive ketones (excluding diaryl/α,β-unsaturated/α-hetero) is 1. The molecule has 80 valence electrons. The number of fused-ring (bicyclic) bond motifs is 2. The van der Waals surface area contributed by atoms with Crippen molar-refractivity contribution < 1.29 is 9.00 Å². The second-order valence-electron chi connectivity index (χ2n) is 5.10. The van der Waals surface area contributed by atoms with Gasteiger partial charge in [-0.05, 0) is 34.9 Å². The molecule has 2 saturated carbocycles. The number of rotatable bonds is 2. The highest BCUT2D eigenvalue weighted by molar-refractivity contribution is 8.08. The van der Waals surface area contributed by atoms with Crippen molar-refractivity contribution in [2.75, 3.05) is 5.75 Å². The van der Waals surface area contributed by atoms with Crippen LogP contribution in [0.25, 0.3) is 0 Å². The van der Waals surface area contributed by atoms with Crippen molar-refractivity contribution in [3.05, 3.63) is 0 Å². The molecule has 0 aromatic heterocycles. The minimum absolute atomic E-state index is 0.00532. The SMILES string of the molecule is CC1(C)[C@H]2CC[C@@]1(CS(=O)Cl)C(=O)C2. The molecule has 2 fully saturated rings. The van der Waals surface area contributed by atoms with E-state index in [2.05, 4.69) is 13.8 Å². The number of hydrogen-bond acceptors (Lipinski definition) is 2. The first-order valence-electron chi connectivity index (χ1n) is 4.98. The minimum Gasteiger partial charge on any atom is -0.299 e. The van der Waals surface area contributed by atoms with Crippen molar-refractivity contribution in [3.8, 4) is 0 Å². The van der Waals surface area contributed by atoms with E-state index in [1.165, 1.54) is 0 Å². The predicted octanol–water partition coefficient (Wildman–Crippen LogP) is 2.28. The molecule has 0 aromatic rings. The van der Waals surface area contributed by atoms with Gasteiger partial charge in [0.25, 0.3) is 0 Å². The summed E-state index contributed by atoms with van der Waals surface area (Å²) in [5.41, 5.74) is -0.390. The van der Waals surface area contributed by atoms with Crippen LogP contribution in [0.2, 0.25) is 0 Å². The quantitative estimate of drug-likeness (QED) is 0.687. The highest BCUT2D eigenvalue weighted by Gasteiger charge is 2.64. The lowest BCUT2D eigenvalue weighted by atomic mass is 9.70. The van der Waals surface area contributed by atoms with Gasteiger partial charge in [0.15, 0.2) is 0 Å². The minimum atomic E-state index is -1.38. The highest BCUT2D eigenvalue weighted by atomic mass is 35.7. The van der Waals surface area contributed by atoms with Crippen LogP contribution in [0.5, 0.6) is 0 Å². The Hall–Kier alpha value is 0.110. The summed E-state index contributed by atoms with van der Waals surface area (Å²) < 4.78 is 11.1. The van der Waals surface area contributed by atoms with E-state index >= 15 is 0 Å². The maximum atomic E-state index is 11.9. The van der Waals surface area contributed by atoms with Crippen molar-refractivity contribution in [2.24, 2.45) is 16.7 Å². The van der Waals surface area contributed by atoms with Gasteiger partial charge in [0, 0.05) is 11.8 Å². The second-order valence-corrected chi connectivity index (χ2v) is 7.00. The number of hydrogen-bond donors (Lipinski definition) is 0.